The molecule has 1 saturated heterocycles. The Kier molecular flexibility index (Phi) is 18.3. The van der Waals surface area contributed by atoms with E-state index >= 15 is 0 Å². The van der Waals surface area contributed by atoms with E-state index in [0.29, 0.717) is 38.2 Å². The summed E-state index contributed by atoms with van der Waals surface area (Å²) in [7, 11) is 1.27. The molecule has 2 N–H and O–H groups in total. The van der Waals surface area contributed by atoms with E-state index in [1.54, 1.807) is 94.7 Å². The first kappa shape index (κ1) is 45.6. The Morgan fingerprint density at radius 1 is 0.764 bits per heavy atom. The molecule has 5 rings (SSSR count). The highest BCUT2D eigenvalue weighted by molar-refractivity contribution is 6.31. The molecule has 9 nitrogen and oxygen atoms in total. The smallest absolute Gasteiger partial charge is 0.333 e. The Morgan fingerprint density at radius 3 is 1.64 bits per heavy atom. The topological polar surface area (TPSA) is 113 Å². The summed E-state index contributed by atoms with van der Waals surface area (Å²) in [6.07, 6.45) is 0. The summed E-state index contributed by atoms with van der Waals surface area (Å²) in [5.74, 6) is -1.35. The molecule has 2 atom stereocenters. The van der Waals surface area contributed by atoms with E-state index < -0.39 is 18.1 Å². The number of carbonyl (C=O) groups is 4. The number of piperazine rings is 1. The van der Waals surface area contributed by atoms with Gasteiger partial charge in [0.25, 0.3) is 5.91 Å². The number of halogens is 5. The minimum absolute atomic E-state index is 0.0427. The molecule has 1 aliphatic rings. The first-order valence-corrected chi connectivity index (χ1v) is 19.4. The Bertz CT molecular complexity index is 1860. The van der Waals surface area contributed by atoms with Gasteiger partial charge >= 0.3 is 5.97 Å². The third kappa shape index (κ3) is 13.7. The Balaban J connectivity index is 0.000000269. The average molecular weight is 851 g/mol. The van der Waals surface area contributed by atoms with Crippen LogP contribution < -0.4 is 5.73 Å². The molecule has 0 aromatic heterocycles. The zero-order chi connectivity index (χ0) is 40.8. The number of nitrogens with two attached hydrogens (primary N) is 1. The number of methoxy groups -OCH3 is 1. The first-order chi connectivity index (χ1) is 26.1. The van der Waals surface area contributed by atoms with Gasteiger partial charge in [-0.25, -0.2) is 4.79 Å². The number of hydrogen-bond acceptors (Lipinski definition) is 6. The zero-order valence-electron chi connectivity index (χ0n) is 31.2. The van der Waals surface area contributed by atoms with Crippen LogP contribution in [0.25, 0.3) is 0 Å². The normalized spacial score (nSPS) is 14.5. The lowest BCUT2D eigenvalue weighted by Gasteiger charge is -2.42. The monoisotopic (exact) mass is 848 g/mol. The van der Waals surface area contributed by atoms with Gasteiger partial charge in [-0.15, -0.1) is 11.6 Å². The molecule has 3 amide bonds. The van der Waals surface area contributed by atoms with Gasteiger partial charge in [0, 0.05) is 39.2 Å². The lowest BCUT2D eigenvalue weighted by Crippen LogP contribution is -2.56. The van der Waals surface area contributed by atoms with Crippen molar-refractivity contribution in [1.82, 2.24) is 14.7 Å². The largest absolute Gasteiger partial charge is 0.467 e. The van der Waals surface area contributed by atoms with Crippen LogP contribution in [0.1, 0.15) is 62.0 Å². The third-order valence-corrected chi connectivity index (χ3v) is 9.39. The van der Waals surface area contributed by atoms with Gasteiger partial charge in [0.1, 0.15) is 18.5 Å². The molecular formula is C41H45Cl5N4O5. The SMILES string of the molecule is CC(C)N.CC(C)N1CC(=O)N(Cc2ccc(Cl)cc2)C(c2ccc(Cl)cc2)C1=O.COC(=O)C(c1ccc(Cl)cc1)N(Cc1ccc(Cl)cc1)C(=O)CCl. The molecule has 2 unspecified atom stereocenters. The van der Waals surface area contributed by atoms with Crippen molar-refractivity contribution in [3.63, 3.8) is 0 Å². The quantitative estimate of drug-likeness (QED) is 0.126. The van der Waals surface area contributed by atoms with E-state index in [1.807, 2.05) is 39.8 Å². The molecule has 14 heteroatoms. The fraction of sp³-hybridized carbons (Fsp3) is 0.317. The fourth-order valence-electron chi connectivity index (χ4n) is 5.51. The summed E-state index contributed by atoms with van der Waals surface area (Å²) in [6.45, 7) is 8.35. The van der Waals surface area contributed by atoms with Gasteiger partial charge in [-0.1, -0.05) is 109 Å². The van der Waals surface area contributed by atoms with Gasteiger partial charge in [-0.2, -0.15) is 0 Å². The molecule has 0 radical (unpaired) electrons. The standard InChI is InChI=1S/C20H20Cl2N2O2.C18H16Cl3NO3.C3H9N/c1-13(2)23-12-18(25)24(11-14-3-7-16(21)8-4-14)19(20(23)26)15-5-9-17(22)10-6-15;1-25-18(24)17(13-4-8-15(21)9-5-13)22(16(23)10-19)11-12-2-6-14(20)7-3-12;1-3(2)4/h3-10,13,19H,11-12H2,1-2H3;2-9,17H,10-11H2,1H3;3H,4H2,1-2H3. The molecule has 0 spiro atoms. The van der Waals surface area contributed by atoms with Crippen LogP contribution in [0.15, 0.2) is 97.1 Å². The van der Waals surface area contributed by atoms with E-state index in [4.69, 9.17) is 68.5 Å². The number of benzene rings is 4. The Labute approximate surface area is 348 Å². The van der Waals surface area contributed by atoms with Gasteiger partial charge in [-0.3, -0.25) is 14.4 Å². The minimum Gasteiger partial charge on any atom is -0.467 e. The summed E-state index contributed by atoms with van der Waals surface area (Å²) in [4.78, 5) is 55.4. The van der Waals surface area contributed by atoms with Crippen molar-refractivity contribution in [2.24, 2.45) is 5.73 Å². The third-order valence-electron chi connectivity index (χ3n) is 8.15. The minimum atomic E-state index is -0.927. The number of esters is 1. The second-order valence-corrected chi connectivity index (χ2v) is 15.2. The molecule has 0 saturated carbocycles. The lowest BCUT2D eigenvalue weighted by atomic mass is 9.99. The van der Waals surface area contributed by atoms with E-state index in [9.17, 15) is 19.2 Å². The van der Waals surface area contributed by atoms with Crippen LogP contribution in [0.2, 0.25) is 20.1 Å². The highest BCUT2D eigenvalue weighted by atomic mass is 35.5. The lowest BCUT2D eigenvalue weighted by molar-refractivity contribution is -0.158. The van der Waals surface area contributed by atoms with E-state index in [-0.39, 0.29) is 42.7 Å². The van der Waals surface area contributed by atoms with E-state index in [1.165, 1.54) is 12.0 Å². The molecule has 294 valence electrons. The molecular weight excluding hydrogens is 806 g/mol. The van der Waals surface area contributed by atoms with Crippen LogP contribution in [0.3, 0.4) is 0 Å². The molecule has 55 heavy (non-hydrogen) atoms. The second-order valence-electron chi connectivity index (χ2n) is 13.2. The van der Waals surface area contributed by atoms with Crippen molar-refractivity contribution in [2.45, 2.75) is 65.0 Å². The predicted octanol–water partition coefficient (Wildman–Crippen LogP) is 9.14. The molecule has 4 aromatic rings. The summed E-state index contributed by atoms with van der Waals surface area (Å²) in [5.41, 5.74) is 8.19. The van der Waals surface area contributed by atoms with Crippen molar-refractivity contribution < 1.29 is 23.9 Å². The number of hydrogen-bond donors (Lipinski definition) is 1. The number of amides is 3. The molecule has 0 aliphatic carbocycles. The van der Waals surface area contributed by atoms with Gasteiger partial charge in [0.05, 0.1) is 7.11 Å². The molecule has 1 fully saturated rings. The van der Waals surface area contributed by atoms with Crippen LogP contribution in [0, 0.1) is 0 Å². The number of ether oxygens (including phenoxy) is 1. The second kappa shape index (κ2) is 22.0. The molecule has 1 aliphatic heterocycles. The highest BCUT2D eigenvalue weighted by Gasteiger charge is 2.41. The average Bonchev–Trinajstić information content (AvgIpc) is 3.15. The van der Waals surface area contributed by atoms with Gasteiger partial charge in [-0.05, 0) is 90.7 Å². The fourth-order valence-corrected chi connectivity index (χ4v) is 6.16. The van der Waals surface area contributed by atoms with Crippen LogP contribution in [0.4, 0.5) is 0 Å². The van der Waals surface area contributed by atoms with Gasteiger partial charge < -0.3 is 25.2 Å². The maximum absolute atomic E-state index is 13.1. The maximum Gasteiger partial charge on any atom is 0.333 e. The summed E-state index contributed by atoms with van der Waals surface area (Å²) in [6, 6.07) is 26.8. The van der Waals surface area contributed by atoms with Crippen molar-refractivity contribution in [3.8, 4) is 0 Å². The zero-order valence-corrected chi connectivity index (χ0v) is 35.0. The maximum atomic E-state index is 13.1. The van der Waals surface area contributed by atoms with Crippen molar-refractivity contribution in [3.05, 3.63) is 139 Å². The number of carbonyl (C=O) groups excluding carboxylic acids is 4. The van der Waals surface area contributed by atoms with Crippen molar-refractivity contribution in [1.29, 1.82) is 0 Å². The number of alkyl halides is 1. The Morgan fingerprint density at radius 2 is 1.20 bits per heavy atom. The molecule has 0 bridgehead atoms. The molecule has 1 heterocycles. The van der Waals surface area contributed by atoms with Crippen molar-refractivity contribution >= 4 is 81.7 Å². The van der Waals surface area contributed by atoms with Crippen LogP contribution in [-0.4, -0.2) is 70.0 Å². The van der Waals surface area contributed by atoms with Crippen LogP contribution in [-0.2, 0) is 37.0 Å². The van der Waals surface area contributed by atoms with Crippen LogP contribution >= 0.6 is 58.0 Å². The van der Waals surface area contributed by atoms with E-state index in [2.05, 4.69) is 0 Å². The first-order valence-electron chi connectivity index (χ1n) is 17.3. The number of nitrogens with zero attached hydrogens (tertiary/aromatic N) is 3. The summed E-state index contributed by atoms with van der Waals surface area (Å²) >= 11 is 29.5. The van der Waals surface area contributed by atoms with Crippen molar-refractivity contribution in [2.75, 3.05) is 19.5 Å². The van der Waals surface area contributed by atoms with E-state index in [0.717, 1.165) is 16.7 Å². The predicted molar refractivity (Wildman–Crippen MR) is 221 cm³/mol. The Hall–Kier alpha value is -3.83. The van der Waals surface area contributed by atoms with Gasteiger partial charge in [0.2, 0.25) is 11.8 Å². The van der Waals surface area contributed by atoms with Crippen LogP contribution in [0.5, 0.6) is 0 Å². The number of rotatable bonds is 10. The summed E-state index contributed by atoms with van der Waals surface area (Å²) in [5, 5.41) is 2.34. The highest BCUT2D eigenvalue weighted by Crippen LogP contribution is 2.31. The summed E-state index contributed by atoms with van der Waals surface area (Å²) < 4.78 is 4.90. The van der Waals surface area contributed by atoms with Gasteiger partial charge in [0.15, 0.2) is 6.04 Å². The molecule has 4 aromatic carbocycles.